The Hall–Kier alpha value is -2.56. The summed E-state index contributed by atoms with van der Waals surface area (Å²) in [5.41, 5.74) is 10.5. The molecule has 0 aliphatic heterocycles. The van der Waals surface area contributed by atoms with Crippen molar-refractivity contribution >= 4 is 11.7 Å². The third-order valence-corrected chi connectivity index (χ3v) is 3.94. The van der Waals surface area contributed by atoms with Crippen LogP contribution in [-0.4, -0.2) is 17.6 Å². The van der Waals surface area contributed by atoms with Crippen LogP contribution in [0.1, 0.15) is 40.5 Å². The molecular weight excluding hydrogens is 292 g/mol. The average Bonchev–Trinajstić information content (AvgIpc) is 3.00. The van der Waals surface area contributed by atoms with Crippen LogP contribution >= 0.6 is 0 Å². The molecule has 1 aromatic heterocycles. The van der Waals surface area contributed by atoms with Gasteiger partial charge in [0, 0.05) is 6.20 Å². The fourth-order valence-electron chi connectivity index (χ4n) is 2.74. The molecule has 120 valence electrons. The number of carbonyl (C=O) groups is 1. The van der Waals surface area contributed by atoms with Crippen LogP contribution in [0, 0.1) is 0 Å². The van der Waals surface area contributed by atoms with Crippen molar-refractivity contribution in [1.29, 1.82) is 0 Å². The van der Waals surface area contributed by atoms with Crippen LogP contribution in [0.4, 0.5) is 5.69 Å². The van der Waals surface area contributed by atoms with E-state index in [1.807, 2.05) is 12.1 Å². The van der Waals surface area contributed by atoms with Gasteiger partial charge >= 0.3 is 5.97 Å². The van der Waals surface area contributed by atoms with Gasteiger partial charge in [-0.2, -0.15) is 0 Å². The van der Waals surface area contributed by atoms with E-state index in [0.29, 0.717) is 30.2 Å². The van der Waals surface area contributed by atoms with Crippen molar-refractivity contribution in [2.45, 2.75) is 32.8 Å². The minimum absolute atomic E-state index is 0.312. The van der Waals surface area contributed by atoms with Crippen molar-refractivity contribution in [3.05, 3.63) is 52.8 Å². The quantitative estimate of drug-likeness (QED) is 0.678. The first kappa shape index (κ1) is 15.3. The van der Waals surface area contributed by atoms with Crippen LogP contribution in [-0.2, 0) is 24.2 Å². The van der Waals surface area contributed by atoms with Gasteiger partial charge in [-0.1, -0.05) is 0 Å². The topological polar surface area (TPSA) is 74.4 Å². The maximum Gasteiger partial charge on any atom is 0.339 e. The summed E-state index contributed by atoms with van der Waals surface area (Å²) in [5.74, 6) is 0.331. The summed E-state index contributed by atoms with van der Waals surface area (Å²) in [6, 6.07) is 7.49. The third kappa shape index (κ3) is 3.44. The van der Waals surface area contributed by atoms with Crippen molar-refractivity contribution in [1.82, 2.24) is 4.98 Å². The number of anilines is 1. The lowest BCUT2D eigenvalue weighted by Gasteiger charge is -2.11. The van der Waals surface area contributed by atoms with E-state index in [4.69, 9.17) is 15.2 Å². The van der Waals surface area contributed by atoms with E-state index < -0.39 is 0 Å². The van der Waals surface area contributed by atoms with Gasteiger partial charge in [0.15, 0.2) is 0 Å². The van der Waals surface area contributed by atoms with Gasteiger partial charge in [0.05, 0.1) is 23.6 Å². The molecule has 0 radical (unpaired) electrons. The standard InChI is InChI=1S/C18H20N2O3/c1-2-22-18(21)14-6-7-15(20-10-14)11-23-17-9-13-5-3-4-12(13)8-16(17)19/h6-10H,2-5,11,19H2,1H3. The number of ether oxygens (including phenoxy) is 2. The van der Waals surface area contributed by atoms with Crippen LogP contribution in [0.3, 0.4) is 0 Å². The van der Waals surface area contributed by atoms with Crippen LogP contribution in [0.15, 0.2) is 30.5 Å². The molecule has 5 nitrogen and oxygen atoms in total. The Balaban J connectivity index is 1.66. The van der Waals surface area contributed by atoms with E-state index in [-0.39, 0.29) is 5.97 Å². The number of rotatable bonds is 5. The van der Waals surface area contributed by atoms with Crippen LogP contribution < -0.4 is 10.5 Å². The van der Waals surface area contributed by atoms with Crippen molar-refractivity contribution < 1.29 is 14.3 Å². The zero-order chi connectivity index (χ0) is 16.2. The van der Waals surface area contributed by atoms with E-state index >= 15 is 0 Å². The first-order chi connectivity index (χ1) is 11.2. The highest BCUT2D eigenvalue weighted by Gasteiger charge is 2.14. The third-order valence-electron chi connectivity index (χ3n) is 3.94. The van der Waals surface area contributed by atoms with E-state index in [0.717, 1.165) is 18.5 Å². The zero-order valence-electron chi connectivity index (χ0n) is 13.2. The molecule has 0 bridgehead atoms. The smallest absolute Gasteiger partial charge is 0.339 e. The fourth-order valence-corrected chi connectivity index (χ4v) is 2.74. The molecule has 3 rings (SSSR count). The predicted molar refractivity (Wildman–Crippen MR) is 87.4 cm³/mol. The lowest BCUT2D eigenvalue weighted by atomic mass is 10.1. The van der Waals surface area contributed by atoms with Gasteiger partial charge in [-0.25, -0.2) is 4.79 Å². The molecule has 0 saturated heterocycles. The Kier molecular flexibility index (Phi) is 4.46. The molecule has 1 aliphatic carbocycles. The summed E-state index contributed by atoms with van der Waals surface area (Å²) >= 11 is 0. The Bertz CT molecular complexity index is 711. The summed E-state index contributed by atoms with van der Waals surface area (Å²) < 4.78 is 10.7. The lowest BCUT2D eigenvalue weighted by Crippen LogP contribution is -2.06. The summed E-state index contributed by atoms with van der Waals surface area (Å²) in [4.78, 5) is 15.8. The fraction of sp³-hybridized carbons (Fsp3) is 0.333. The molecule has 2 N–H and O–H groups in total. The summed E-state index contributed by atoms with van der Waals surface area (Å²) in [6.45, 7) is 2.43. The zero-order valence-corrected chi connectivity index (χ0v) is 13.2. The van der Waals surface area contributed by atoms with Gasteiger partial charge in [0.25, 0.3) is 0 Å². The average molecular weight is 312 g/mol. The predicted octanol–water partition coefficient (Wildman–Crippen LogP) is 2.91. The summed E-state index contributed by atoms with van der Waals surface area (Å²) in [6.07, 6.45) is 4.85. The summed E-state index contributed by atoms with van der Waals surface area (Å²) in [5, 5.41) is 0. The number of nitrogen functional groups attached to an aromatic ring is 1. The second-order valence-electron chi connectivity index (χ2n) is 5.56. The minimum atomic E-state index is -0.365. The molecule has 0 atom stereocenters. The first-order valence-corrected chi connectivity index (χ1v) is 7.83. The Morgan fingerprint density at radius 2 is 2.04 bits per heavy atom. The molecule has 0 fully saturated rings. The molecule has 0 spiro atoms. The van der Waals surface area contributed by atoms with Crippen molar-refractivity contribution in [3.63, 3.8) is 0 Å². The Morgan fingerprint density at radius 1 is 1.26 bits per heavy atom. The van der Waals surface area contributed by atoms with E-state index in [1.54, 1.807) is 19.1 Å². The van der Waals surface area contributed by atoms with E-state index in [2.05, 4.69) is 4.98 Å². The number of hydrogen-bond donors (Lipinski definition) is 1. The molecule has 2 aromatic rings. The number of hydrogen-bond acceptors (Lipinski definition) is 5. The first-order valence-electron chi connectivity index (χ1n) is 7.83. The highest BCUT2D eigenvalue weighted by Crippen LogP contribution is 2.31. The van der Waals surface area contributed by atoms with Crippen LogP contribution in [0.25, 0.3) is 0 Å². The molecule has 23 heavy (non-hydrogen) atoms. The number of aromatic nitrogens is 1. The van der Waals surface area contributed by atoms with Crippen molar-refractivity contribution in [3.8, 4) is 5.75 Å². The Morgan fingerprint density at radius 3 is 2.74 bits per heavy atom. The SMILES string of the molecule is CCOC(=O)c1ccc(COc2cc3c(cc2N)CCC3)nc1. The number of fused-ring (bicyclic) bond motifs is 1. The molecule has 0 unspecified atom stereocenters. The number of aryl methyl sites for hydroxylation is 2. The van der Waals surface area contributed by atoms with Gasteiger partial charge < -0.3 is 15.2 Å². The van der Waals surface area contributed by atoms with Gasteiger partial charge in [0.2, 0.25) is 0 Å². The van der Waals surface area contributed by atoms with Crippen LogP contribution in [0.2, 0.25) is 0 Å². The highest BCUT2D eigenvalue weighted by atomic mass is 16.5. The normalized spacial score (nSPS) is 12.7. The molecule has 1 aliphatic rings. The van der Waals surface area contributed by atoms with Crippen LogP contribution in [0.5, 0.6) is 5.75 Å². The second kappa shape index (κ2) is 6.69. The molecule has 1 heterocycles. The van der Waals surface area contributed by atoms with Gasteiger partial charge in [-0.15, -0.1) is 0 Å². The minimum Gasteiger partial charge on any atom is -0.485 e. The number of pyridine rings is 1. The molecule has 0 amide bonds. The molecule has 5 heteroatoms. The van der Waals surface area contributed by atoms with Crippen molar-refractivity contribution in [2.24, 2.45) is 0 Å². The Labute approximate surface area is 135 Å². The molecular formula is C18H20N2O3. The number of nitrogens with zero attached hydrogens (tertiary/aromatic N) is 1. The number of esters is 1. The van der Waals surface area contributed by atoms with Gasteiger partial charge in [0.1, 0.15) is 12.4 Å². The lowest BCUT2D eigenvalue weighted by molar-refractivity contribution is 0.0526. The number of nitrogens with two attached hydrogens (primary N) is 1. The molecule has 1 aromatic carbocycles. The summed E-state index contributed by atoms with van der Waals surface area (Å²) in [7, 11) is 0. The van der Waals surface area contributed by atoms with Crippen molar-refractivity contribution in [2.75, 3.05) is 12.3 Å². The van der Waals surface area contributed by atoms with E-state index in [1.165, 1.54) is 23.7 Å². The highest BCUT2D eigenvalue weighted by molar-refractivity contribution is 5.88. The van der Waals surface area contributed by atoms with Gasteiger partial charge in [-0.05, 0) is 61.6 Å². The second-order valence-corrected chi connectivity index (χ2v) is 5.56. The van der Waals surface area contributed by atoms with E-state index in [9.17, 15) is 4.79 Å². The monoisotopic (exact) mass is 312 g/mol. The largest absolute Gasteiger partial charge is 0.485 e. The van der Waals surface area contributed by atoms with Gasteiger partial charge in [-0.3, -0.25) is 4.98 Å². The maximum atomic E-state index is 11.6. The maximum absolute atomic E-state index is 11.6. The number of carbonyl (C=O) groups excluding carboxylic acids is 1. The molecule has 0 saturated carbocycles. The number of benzene rings is 1.